The third kappa shape index (κ3) is 2.52. The maximum atomic E-state index is 11.9. The van der Waals surface area contributed by atoms with E-state index in [-0.39, 0.29) is 31.2 Å². The molecule has 0 radical (unpaired) electrons. The molecule has 0 spiro atoms. The van der Waals surface area contributed by atoms with Gasteiger partial charge >= 0.3 is 0 Å². The Balaban J connectivity index is 1.68. The summed E-state index contributed by atoms with van der Waals surface area (Å²) in [6.07, 6.45) is 3.41. The van der Waals surface area contributed by atoms with Crippen LogP contribution in [0.15, 0.2) is 12.4 Å². The van der Waals surface area contributed by atoms with E-state index in [1.807, 2.05) is 0 Å². The first kappa shape index (κ1) is 13.1. The average molecular weight is 279 g/mol. The number of imidazole rings is 1. The van der Waals surface area contributed by atoms with Crippen LogP contribution < -0.4 is 5.73 Å². The van der Waals surface area contributed by atoms with Crippen molar-refractivity contribution in [3.8, 4) is 0 Å². The summed E-state index contributed by atoms with van der Waals surface area (Å²) in [7, 11) is 0. The molecule has 0 aliphatic carbocycles. The highest BCUT2D eigenvalue weighted by Crippen LogP contribution is 2.24. The molecule has 1 aromatic rings. The predicted octanol–water partition coefficient (Wildman–Crippen LogP) is -1.69. The molecule has 2 atom stereocenters. The van der Waals surface area contributed by atoms with Crippen LogP contribution in [0.5, 0.6) is 0 Å². The van der Waals surface area contributed by atoms with Gasteiger partial charge in [0.05, 0.1) is 25.2 Å². The summed E-state index contributed by atoms with van der Waals surface area (Å²) in [5, 5.41) is 0. The Kier molecular flexibility index (Phi) is 3.41. The van der Waals surface area contributed by atoms with E-state index in [1.54, 1.807) is 17.3 Å². The maximum Gasteiger partial charge on any atom is 0.249 e. The first-order chi connectivity index (χ1) is 9.63. The molecular formula is C12H17N5O3. The first-order valence-electron chi connectivity index (χ1n) is 6.53. The number of carbonyl (C=O) groups is 2. The Labute approximate surface area is 115 Å². The number of fused-ring (bicyclic) bond motifs is 1. The van der Waals surface area contributed by atoms with Crippen LogP contribution in [0.25, 0.3) is 0 Å². The fourth-order valence-corrected chi connectivity index (χ4v) is 2.84. The van der Waals surface area contributed by atoms with Gasteiger partial charge in [-0.2, -0.15) is 0 Å². The quantitative estimate of drug-likeness (QED) is 0.684. The minimum absolute atomic E-state index is 0.0169. The molecule has 3 heterocycles. The highest BCUT2D eigenvalue weighted by molar-refractivity contribution is 5.85. The molecule has 0 saturated carbocycles. The fraction of sp³-hybridized carbons (Fsp3) is 0.583. The number of nitrogens with one attached hydrogen (secondary N) is 1. The number of carbonyl (C=O) groups excluding carboxylic acids is 2. The molecule has 0 bridgehead atoms. The fourth-order valence-electron chi connectivity index (χ4n) is 2.84. The number of ether oxygens (including phenoxy) is 1. The number of nitrogens with zero attached hydrogens (tertiary/aromatic N) is 3. The molecule has 2 amide bonds. The van der Waals surface area contributed by atoms with Crippen LogP contribution >= 0.6 is 0 Å². The van der Waals surface area contributed by atoms with Crippen molar-refractivity contribution in [2.75, 3.05) is 26.2 Å². The lowest BCUT2D eigenvalue weighted by Gasteiger charge is -2.35. The Morgan fingerprint density at radius 3 is 3.10 bits per heavy atom. The Morgan fingerprint density at radius 1 is 1.55 bits per heavy atom. The lowest BCUT2D eigenvalue weighted by atomic mass is 10.1. The second-order valence-corrected chi connectivity index (χ2v) is 5.13. The highest BCUT2D eigenvalue weighted by atomic mass is 16.5. The van der Waals surface area contributed by atoms with Gasteiger partial charge in [0.25, 0.3) is 0 Å². The number of aromatic nitrogens is 2. The van der Waals surface area contributed by atoms with E-state index in [1.165, 1.54) is 0 Å². The molecule has 8 heteroatoms. The van der Waals surface area contributed by atoms with Gasteiger partial charge in [0.2, 0.25) is 11.8 Å². The summed E-state index contributed by atoms with van der Waals surface area (Å²) in [5.74, 6) is 0.199. The largest absolute Gasteiger partial charge is 0.368 e. The molecule has 8 nitrogen and oxygen atoms in total. The zero-order chi connectivity index (χ0) is 14.1. The minimum Gasteiger partial charge on any atom is -0.368 e. The summed E-state index contributed by atoms with van der Waals surface area (Å²) < 4.78 is 5.56. The molecule has 2 aliphatic rings. The van der Waals surface area contributed by atoms with Crippen LogP contribution in [0.1, 0.15) is 5.82 Å². The first-order valence-corrected chi connectivity index (χ1v) is 6.53. The number of amides is 2. The summed E-state index contributed by atoms with van der Waals surface area (Å²) >= 11 is 0. The van der Waals surface area contributed by atoms with Gasteiger partial charge in [-0.15, -0.1) is 0 Å². The average Bonchev–Trinajstić information content (AvgIpc) is 3.02. The molecule has 108 valence electrons. The second-order valence-electron chi connectivity index (χ2n) is 5.13. The lowest BCUT2D eigenvalue weighted by molar-refractivity contribution is -0.155. The molecule has 1 aromatic heterocycles. The van der Waals surface area contributed by atoms with Crippen LogP contribution in [-0.4, -0.2) is 70.0 Å². The van der Waals surface area contributed by atoms with Gasteiger partial charge in [0.15, 0.2) is 0 Å². The van der Waals surface area contributed by atoms with Crippen molar-refractivity contribution in [1.82, 2.24) is 19.8 Å². The number of hydrogen-bond acceptors (Lipinski definition) is 5. The van der Waals surface area contributed by atoms with Crippen LogP contribution in [-0.2, 0) is 20.9 Å². The van der Waals surface area contributed by atoms with Gasteiger partial charge in [0, 0.05) is 25.5 Å². The standard InChI is InChI=1S/C12H17N5O3/c13-10(18)5-17-8-3-16(6-11-14-1-2-15-11)4-9(8)20-7-12(17)19/h1-2,8-9H,3-7H2,(H2,13,18)(H,14,15)/t8-,9+/m1/s1. The zero-order valence-corrected chi connectivity index (χ0v) is 11.0. The number of hydrogen-bond donors (Lipinski definition) is 2. The van der Waals surface area contributed by atoms with E-state index in [2.05, 4.69) is 14.9 Å². The molecule has 20 heavy (non-hydrogen) atoms. The Hall–Kier alpha value is -1.93. The van der Waals surface area contributed by atoms with Gasteiger partial charge in [-0.1, -0.05) is 0 Å². The van der Waals surface area contributed by atoms with Crippen LogP contribution in [0.4, 0.5) is 0 Å². The number of likely N-dealkylation sites (tertiary alicyclic amines) is 1. The van der Waals surface area contributed by atoms with Gasteiger partial charge in [0.1, 0.15) is 12.4 Å². The van der Waals surface area contributed by atoms with Gasteiger partial charge in [-0.25, -0.2) is 4.98 Å². The molecule has 3 rings (SSSR count). The number of aromatic amines is 1. The van der Waals surface area contributed by atoms with Crippen molar-refractivity contribution in [3.05, 3.63) is 18.2 Å². The maximum absolute atomic E-state index is 11.9. The van der Waals surface area contributed by atoms with E-state index >= 15 is 0 Å². The summed E-state index contributed by atoms with van der Waals surface area (Å²) in [6.45, 7) is 2.02. The van der Waals surface area contributed by atoms with Crippen molar-refractivity contribution < 1.29 is 14.3 Å². The third-order valence-corrected chi connectivity index (χ3v) is 3.71. The van der Waals surface area contributed by atoms with Gasteiger partial charge < -0.3 is 20.4 Å². The molecule has 2 aliphatic heterocycles. The molecule has 0 unspecified atom stereocenters. The van der Waals surface area contributed by atoms with Crippen molar-refractivity contribution in [2.24, 2.45) is 5.73 Å². The highest BCUT2D eigenvalue weighted by Gasteiger charge is 2.43. The molecule has 0 aromatic carbocycles. The SMILES string of the molecule is NC(=O)CN1C(=O)CO[C@H]2CN(Cc3ncc[nH]3)C[C@H]21. The van der Waals surface area contributed by atoms with Gasteiger partial charge in [-0.05, 0) is 0 Å². The van der Waals surface area contributed by atoms with E-state index in [0.29, 0.717) is 19.6 Å². The van der Waals surface area contributed by atoms with E-state index < -0.39 is 5.91 Å². The Morgan fingerprint density at radius 2 is 2.40 bits per heavy atom. The molecular weight excluding hydrogens is 262 g/mol. The van der Waals surface area contributed by atoms with Crippen LogP contribution in [0.3, 0.4) is 0 Å². The van der Waals surface area contributed by atoms with Crippen LogP contribution in [0, 0.1) is 0 Å². The number of H-pyrrole nitrogens is 1. The van der Waals surface area contributed by atoms with Gasteiger partial charge in [-0.3, -0.25) is 14.5 Å². The monoisotopic (exact) mass is 279 g/mol. The van der Waals surface area contributed by atoms with E-state index in [9.17, 15) is 9.59 Å². The van der Waals surface area contributed by atoms with E-state index in [0.717, 1.165) is 5.82 Å². The third-order valence-electron chi connectivity index (χ3n) is 3.71. The van der Waals surface area contributed by atoms with Crippen LogP contribution in [0.2, 0.25) is 0 Å². The molecule has 2 fully saturated rings. The van der Waals surface area contributed by atoms with Crippen molar-refractivity contribution in [2.45, 2.75) is 18.7 Å². The lowest BCUT2D eigenvalue weighted by Crippen LogP contribution is -2.56. The summed E-state index contributed by atoms with van der Waals surface area (Å²) in [6, 6.07) is -0.112. The second kappa shape index (κ2) is 5.22. The van der Waals surface area contributed by atoms with E-state index in [4.69, 9.17) is 10.5 Å². The molecule has 2 saturated heterocycles. The number of nitrogens with two attached hydrogens (primary N) is 1. The number of primary amides is 1. The Bertz CT molecular complexity index is 503. The molecule has 3 N–H and O–H groups in total. The summed E-state index contributed by atoms with van der Waals surface area (Å²) in [5.41, 5.74) is 5.21. The smallest absolute Gasteiger partial charge is 0.249 e. The normalized spacial score (nSPS) is 26.8. The predicted molar refractivity (Wildman–Crippen MR) is 68.3 cm³/mol. The minimum atomic E-state index is -0.497. The topological polar surface area (TPSA) is 105 Å². The van der Waals surface area contributed by atoms with Crippen molar-refractivity contribution >= 4 is 11.8 Å². The van der Waals surface area contributed by atoms with Crippen molar-refractivity contribution in [3.63, 3.8) is 0 Å². The van der Waals surface area contributed by atoms with Crippen molar-refractivity contribution in [1.29, 1.82) is 0 Å². The summed E-state index contributed by atoms with van der Waals surface area (Å²) in [4.78, 5) is 33.9. The number of rotatable bonds is 4. The zero-order valence-electron chi connectivity index (χ0n) is 11.0. The number of morpholine rings is 1.